The Labute approximate surface area is 163 Å². The molecule has 0 aliphatic carbocycles. The standard InChI is InChI=1S/C20H18N4O3S/c1-2-23-19(26)13-7-3-5-9-15(13)24(20(23)27)12-17(25)21-11-18-22-14-8-4-6-10-16(14)28-18/h3-10H,2,11-12H2,1H3,(H,21,25). The van der Waals surface area contributed by atoms with E-state index in [0.717, 1.165) is 19.8 Å². The number of nitrogens with zero attached hydrogens (tertiary/aromatic N) is 3. The molecule has 0 spiro atoms. The molecule has 0 radical (unpaired) electrons. The summed E-state index contributed by atoms with van der Waals surface area (Å²) in [6.07, 6.45) is 0. The number of rotatable bonds is 5. The fourth-order valence-corrected chi connectivity index (χ4v) is 4.08. The van der Waals surface area contributed by atoms with Crippen LogP contribution in [0, 0.1) is 0 Å². The summed E-state index contributed by atoms with van der Waals surface area (Å²) in [5.74, 6) is -0.312. The van der Waals surface area contributed by atoms with E-state index in [1.54, 1.807) is 31.2 Å². The minimum absolute atomic E-state index is 0.162. The van der Waals surface area contributed by atoms with Crippen molar-refractivity contribution in [2.75, 3.05) is 0 Å². The molecule has 0 bridgehead atoms. The van der Waals surface area contributed by atoms with E-state index in [9.17, 15) is 14.4 Å². The third-order valence-corrected chi connectivity index (χ3v) is 5.56. The topological polar surface area (TPSA) is 86.0 Å². The molecule has 0 aliphatic heterocycles. The van der Waals surface area contributed by atoms with Gasteiger partial charge in [0.1, 0.15) is 11.6 Å². The molecule has 0 saturated carbocycles. The van der Waals surface area contributed by atoms with E-state index in [4.69, 9.17) is 0 Å². The Morgan fingerprint density at radius 2 is 1.82 bits per heavy atom. The summed E-state index contributed by atoms with van der Waals surface area (Å²) in [5, 5.41) is 4.03. The quantitative estimate of drug-likeness (QED) is 0.562. The molecule has 2 heterocycles. The average Bonchev–Trinajstić information content (AvgIpc) is 3.13. The molecule has 0 saturated heterocycles. The molecule has 0 atom stereocenters. The Balaban J connectivity index is 1.60. The molecular weight excluding hydrogens is 376 g/mol. The number of benzene rings is 2. The number of thiazole rings is 1. The second kappa shape index (κ2) is 7.40. The van der Waals surface area contributed by atoms with Gasteiger partial charge in [-0.05, 0) is 31.2 Å². The van der Waals surface area contributed by atoms with Gasteiger partial charge in [0.25, 0.3) is 5.56 Å². The van der Waals surface area contributed by atoms with Gasteiger partial charge in [-0.3, -0.25) is 18.7 Å². The SMILES string of the molecule is CCn1c(=O)c2ccccc2n(CC(=O)NCc2nc3ccccc3s2)c1=O. The summed E-state index contributed by atoms with van der Waals surface area (Å²) >= 11 is 1.52. The van der Waals surface area contributed by atoms with Crippen molar-refractivity contribution in [1.82, 2.24) is 19.4 Å². The van der Waals surface area contributed by atoms with Crippen LogP contribution in [0.3, 0.4) is 0 Å². The highest BCUT2D eigenvalue weighted by Gasteiger charge is 2.14. The van der Waals surface area contributed by atoms with Crippen molar-refractivity contribution >= 4 is 38.4 Å². The van der Waals surface area contributed by atoms with Crippen molar-refractivity contribution < 1.29 is 4.79 Å². The Kier molecular flexibility index (Phi) is 4.79. The molecule has 0 unspecified atom stereocenters. The maximum atomic E-state index is 12.7. The van der Waals surface area contributed by atoms with Gasteiger partial charge >= 0.3 is 5.69 Å². The van der Waals surface area contributed by atoms with Crippen molar-refractivity contribution in [3.8, 4) is 0 Å². The fraction of sp³-hybridized carbons (Fsp3) is 0.200. The van der Waals surface area contributed by atoms with Gasteiger partial charge in [0.15, 0.2) is 0 Å². The average molecular weight is 394 g/mol. The molecule has 4 aromatic rings. The van der Waals surface area contributed by atoms with E-state index in [-0.39, 0.29) is 31.1 Å². The summed E-state index contributed by atoms with van der Waals surface area (Å²) in [6, 6.07) is 14.6. The highest BCUT2D eigenvalue weighted by Crippen LogP contribution is 2.21. The van der Waals surface area contributed by atoms with Crippen molar-refractivity contribution in [2.24, 2.45) is 0 Å². The van der Waals surface area contributed by atoms with E-state index in [1.807, 2.05) is 24.3 Å². The third-order valence-electron chi connectivity index (χ3n) is 4.53. The van der Waals surface area contributed by atoms with Crippen LogP contribution < -0.4 is 16.6 Å². The first-order valence-electron chi connectivity index (χ1n) is 8.92. The number of carbonyl (C=O) groups excluding carboxylic acids is 1. The largest absolute Gasteiger partial charge is 0.348 e. The molecule has 2 aromatic carbocycles. The first-order chi connectivity index (χ1) is 13.6. The van der Waals surface area contributed by atoms with Gasteiger partial charge in [0.2, 0.25) is 5.91 Å². The van der Waals surface area contributed by atoms with Gasteiger partial charge < -0.3 is 5.32 Å². The zero-order chi connectivity index (χ0) is 19.7. The van der Waals surface area contributed by atoms with Crippen LogP contribution in [0.5, 0.6) is 0 Å². The molecular formula is C20H18N4O3S. The highest BCUT2D eigenvalue weighted by atomic mass is 32.1. The fourth-order valence-electron chi connectivity index (χ4n) is 3.17. The van der Waals surface area contributed by atoms with Crippen LogP contribution >= 0.6 is 11.3 Å². The summed E-state index contributed by atoms with van der Waals surface area (Å²) < 4.78 is 3.54. The minimum Gasteiger partial charge on any atom is -0.348 e. The number of carbonyl (C=O) groups is 1. The lowest BCUT2D eigenvalue weighted by atomic mass is 10.2. The molecule has 28 heavy (non-hydrogen) atoms. The summed E-state index contributed by atoms with van der Waals surface area (Å²) in [7, 11) is 0. The monoisotopic (exact) mass is 394 g/mol. The van der Waals surface area contributed by atoms with Gasteiger partial charge in [0.05, 0.1) is 27.7 Å². The molecule has 1 amide bonds. The predicted octanol–water partition coefficient (Wildman–Crippen LogP) is 2.11. The first-order valence-corrected chi connectivity index (χ1v) is 9.73. The Hall–Kier alpha value is -3.26. The normalized spacial score (nSPS) is 11.2. The van der Waals surface area contributed by atoms with E-state index < -0.39 is 5.69 Å². The van der Waals surface area contributed by atoms with Crippen LogP contribution in [0.15, 0.2) is 58.1 Å². The Morgan fingerprint density at radius 1 is 1.07 bits per heavy atom. The van der Waals surface area contributed by atoms with Gasteiger partial charge in [-0.25, -0.2) is 9.78 Å². The zero-order valence-electron chi connectivity index (χ0n) is 15.2. The Bertz CT molecular complexity index is 1270. The van der Waals surface area contributed by atoms with Gasteiger partial charge in [-0.2, -0.15) is 0 Å². The van der Waals surface area contributed by atoms with Crippen molar-refractivity contribution in [3.63, 3.8) is 0 Å². The van der Waals surface area contributed by atoms with Crippen molar-refractivity contribution in [2.45, 2.75) is 26.6 Å². The maximum absolute atomic E-state index is 12.7. The molecule has 2 aromatic heterocycles. The van der Waals surface area contributed by atoms with Crippen LogP contribution in [-0.2, 0) is 24.4 Å². The molecule has 4 rings (SSSR count). The number of nitrogens with one attached hydrogen (secondary N) is 1. The molecule has 142 valence electrons. The van der Waals surface area contributed by atoms with Gasteiger partial charge in [-0.1, -0.05) is 24.3 Å². The van der Waals surface area contributed by atoms with E-state index in [0.29, 0.717) is 10.9 Å². The Morgan fingerprint density at radius 3 is 2.61 bits per heavy atom. The lowest BCUT2D eigenvalue weighted by Gasteiger charge is -2.13. The smallest absolute Gasteiger partial charge is 0.331 e. The van der Waals surface area contributed by atoms with Gasteiger partial charge in [-0.15, -0.1) is 11.3 Å². The minimum atomic E-state index is -0.485. The van der Waals surface area contributed by atoms with E-state index in [1.165, 1.54) is 15.9 Å². The van der Waals surface area contributed by atoms with Crippen LogP contribution in [0.4, 0.5) is 0 Å². The summed E-state index contributed by atoms with van der Waals surface area (Å²) in [6.45, 7) is 2.10. The van der Waals surface area contributed by atoms with Gasteiger partial charge in [0, 0.05) is 6.54 Å². The van der Waals surface area contributed by atoms with Crippen LogP contribution in [-0.4, -0.2) is 20.0 Å². The lowest BCUT2D eigenvalue weighted by Crippen LogP contribution is -2.42. The van der Waals surface area contributed by atoms with Crippen LogP contribution in [0.25, 0.3) is 21.1 Å². The maximum Gasteiger partial charge on any atom is 0.331 e. The molecule has 1 N–H and O–H groups in total. The summed E-state index contributed by atoms with van der Waals surface area (Å²) in [4.78, 5) is 42.1. The predicted molar refractivity (Wildman–Crippen MR) is 110 cm³/mol. The molecule has 8 heteroatoms. The van der Waals surface area contributed by atoms with E-state index >= 15 is 0 Å². The number of hydrogen-bond acceptors (Lipinski definition) is 5. The first kappa shape index (κ1) is 18.1. The van der Waals surface area contributed by atoms with Crippen molar-refractivity contribution in [1.29, 1.82) is 0 Å². The molecule has 7 nitrogen and oxygen atoms in total. The number of amides is 1. The number of fused-ring (bicyclic) bond motifs is 2. The summed E-state index contributed by atoms with van der Waals surface area (Å²) in [5.41, 5.74) is 0.530. The molecule has 0 fully saturated rings. The second-order valence-electron chi connectivity index (χ2n) is 6.29. The van der Waals surface area contributed by atoms with Crippen molar-refractivity contribution in [3.05, 3.63) is 74.4 Å². The highest BCUT2D eigenvalue weighted by molar-refractivity contribution is 7.18. The molecule has 0 aliphatic rings. The van der Waals surface area contributed by atoms with E-state index in [2.05, 4.69) is 10.3 Å². The second-order valence-corrected chi connectivity index (χ2v) is 7.40. The lowest BCUT2D eigenvalue weighted by molar-refractivity contribution is -0.121. The number of aromatic nitrogens is 3. The zero-order valence-corrected chi connectivity index (χ0v) is 16.0. The third kappa shape index (κ3) is 3.22. The van der Waals surface area contributed by atoms with Crippen LogP contribution in [0.2, 0.25) is 0 Å². The number of para-hydroxylation sites is 2. The van der Waals surface area contributed by atoms with Crippen LogP contribution in [0.1, 0.15) is 11.9 Å². The number of hydrogen-bond donors (Lipinski definition) is 1.